The fourth-order valence-electron chi connectivity index (χ4n) is 1.72. The third kappa shape index (κ3) is 5.17. The molecule has 0 radical (unpaired) electrons. The third-order valence-corrected chi connectivity index (χ3v) is 2.84. The van der Waals surface area contributed by atoms with Crippen LogP contribution in [0.15, 0.2) is 0 Å². The molecule has 1 aliphatic carbocycles. The zero-order chi connectivity index (χ0) is 11.1. The van der Waals surface area contributed by atoms with Crippen LogP contribution in [0.4, 0.5) is 0 Å². The van der Waals surface area contributed by atoms with E-state index in [1.54, 1.807) is 0 Å². The van der Waals surface area contributed by atoms with E-state index in [1.165, 1.54) is 19.3 Å². The van der Waals surface area contributed by atoms with Gasteiger partial charge in [-0.1, -0.05) is 32.6 Å². The average Bonchev–Trinajstić information content (AvgIpc) is 3.00. The van der Waals surface area contributed by atoms with Crippen LogP contribution in [0.1, 0.15) is 51.9 Å². The summed E-state index contributed by atoms with van der Waals surface area (Å²) in [4.78, 5) is 10.8. The summed E-state index contributed by atoms with van der Waals surface area (Å²) in [5, 5.41) is 8.90. The minimum absolute atomic E-state index is 0.290. The van der Waals surface area contributed by atoms with E-state index < -0.39 is 12.1 Å². The maximum atomic E-state index is 10.8. The SMILES string of the molecule is CCCCCCCOC(C(=O)O)C1CC1. The quantitative estimate of drug-likeness (QED) is 0.600. The van der Waals surface area contributed by atoms with Gasteiger partial charge in [0.15, 0.2) is 6.10 Å². The standard InChI is InChI=1S/C12H22O3/c1-2-3-4-5-6-9-15-11(12(13)14)10-7-8-10/h10-11H,2-9H2,1H3,(H,13,14). The van der Waals surface area contributed by atoms with Crippen LogP contribution in [0.2, 0.25) is 0 Å². The molecule has 0 amide bonds. The van der Waals surface area contributed by atoms with Gasteiger partial charge in [-0.05, 0) is 25.2 Å². The van der Waals surface area contributed by atoms with Crippen LogP contribution in [0.25, 0.3) is 0 Å². The van der Waals surface area contributed by atoms with Gasteiger partial charge in [-0.25, -0.2) is 4.79 Å². The Morgan fingerprint density at radius 3 is 2.53 bits per heavy atom. The lowest BCUT2D eigenvalue weighted by atomic mass is 10.1. The molecule has 0 aromatic heterocycles. The Kier molecular flexibility index (Phi) is 5.69. The molecule has 0 bridgehead atoms. The number of carboxylic acid groups (broad SMARTS) is 1. The zero-order valence-electron chi connectivity index (χ0n) is 9.58. The summed E-state index contributed by atoms with van der Waals surface area (Å²) in [6.07, 6.45) is 7.41. The number of rotatable bonds is 9. The van der Waals surface area contributed by atoms with Gasteiger partial charge < -0.3 is 9.84 Å². The van der Waals surface area contributed by atoms with Crippen molar-refractivity contribution in [2.45, 2.75) is 58.0 Å². The minimum Gasteiger partial charge on any atom is -0.479 e. The lowest BCUT2D eigenvalue weighted by Gasteiger charge is -2.12. The summed E-state index contributed by atoms with van der Waals surface area (Å²) in [6.45, 7) is 2.79. The molecule has 0 heterocycles. The molecule has 88 valence electrons. The van der Waals surface area contributed by atoms with Gasteiger partial charge in [-0.2, -0.15) is 0 Å². The molecule has 1 saturated carbocycles. The Labute approximate surface area is 91.8 Å². The van der Waals surface area contributed by atoms with Crippen LogP contribution in [0.5, 0.6) is 0 Å². The van der Waals surface area contributed by atoms with E-state index in [9.17, 15) is 4.79 Å². The third-order valence-electron chi connectivity index (χ3n) is 2.84. The van der Waals surface area contributed by atoms with E-state index in [0.717, 1.165) is 25.7 Å². The molecule has 1 N–H and O–H groups in total. The van der Waals surface area contributed by atoms with E-state index in [1.807, 2.05) is 0 Å². The second-order valence-electron chi connectivity index (χ2n) is 4.38. The lowest BCUT2D eigenvalue weighted by Crippen LogP contribution is -2.26. The fourth-order valence-corrected chi connectivity index (χ4v) is 1.72. The van der Waals surface area contributed by atoms with Crippen molar-refractivity contribution in [2.75, 3.05) is 6.61 Å². The predicted octanol–water partition coefficient (Wildman–Crippen LogP) is 2.84. The number of ether oxygens (including phenoxy) is 1. The topological polar surface area (TPSA) is 46.5 Å². The first-order valence-corrected chi connectivity index (χ1v) is 6.10. The second-order valence-corrected chi connectivity index (χ2v) is 4.38. The van der Waals surface area contributed by atoms with E-state index in [0.29, 0.717) is 6.61 Å². The molecule has 1 unspecified atom stereocenters. The van der Waals surface area contributed by atoms with Crippen molar-refractivity contribution in [3.8, 4) is 0 Å². The molecule has 3 heteroatoms. The first-order valence-electron chi connectivity index (χ1n) is 6.10. The summed E-state index contributed by atoms with van der Waals surface area (Å²) in [5.74, 6) is -0.496. The highest BCUT2D eigenvalue weighted by molar-refractivity contribution is 5.73. The molecular formula is C12H22O3. The summed E-state index contributed by atoms with van der Waals surface area (Å²) in [5.41, 5.74) is 0. The molecule has 1 aliphatic rings. The number of carbonyl (C=O) groups is 1. The maximum Gasteiger partial charge on any atom is 0.333 e. The van der Waals surface area contributed by atoms with E-state index in [4.69, 9.17) is 9.84 Å². The zero-order valence-corrected chi connectivity index (χ0v) is 9.58. The molecular weight excluding hydrogens is 192 g/mol. The first-order chi connectivity index (χ1) is 7.25. The van der Waals surface area contributed by atoms with Gasteiger partial charge in [-0.15, -0.1) is 0 Å². The van der Waals surface area contributed by atoms with E-state index in [-0.39, 0.29) is 5.92 Å². The summed E-state index contributed by atoms with van der Waals surface area (Å²) < 4.78 is 5.41. The second kappa shape index (κ2) is 6.83. The van der Waals surface area contributed by atoms with Crippen LogP contribution in [0.3, 0.4) is 0 Å². The number of unbranched alkanes of at least 4 members (excludes halogenated alkanes) is 4. The van der Waals surface area contributed by atoms with Gasteiger partial charge in [-0.3, -0.25) is 0 Å². The Morgan fingerprint density at radius 2 is 2.00 bits per heavy atom. The van der Waals surface area contributed by atoms with Gasteiger partial charge in [0.25, 0.3) is 0 Å². The van der Waals surface area contributed by atoms with Crippen LogP contribution in [-0.4, -0.2) is 23.8 Å². The summed E-state index contributed by atoms with van der Waals surface area (Å²) >= 11 is 0. The van der Waals surface area contributed by atoms with Crippen molar-refractivity contribution in [1.82, 2.24) is 0 Å². The minimum atomic E-state index is -0.786. The summed E-state index contributed by atoms with van der Waals surface area (Å²) in [7, 11) is 0. The van der Waals surface area contributed by atoms with E-state index >= 15 is 0 Å². The summed E-state index contributed by atoms with van der Waals surface area (Å²) in [6, 6.07) is 0. The van der Waals surface area contributed by atoms with Crippen LogP contribution in [0, 0.1) is 5.92 Å². The average molecular weight is 214 g/mol. The number of hydrogen-bond acceptors (Lipinski definition) is 2. The number of aliphatic carboxylic acids is 1. The van der Waals surface area contributed by atoms with E-state index in [2.05, 4.69) is 6.92 Å². The smallest absolute Gasteiger partial charge is 0.333 e. The van der Waals surface area contributed by atoms with Gasteiger partial charge >= 0.3 is 5.97 Å². The molecule has 0 spiro atoms. The Balaban J connectivity index is 1.99. The molecule has 0 aromatic rings. The van der Waals surface area contributed by atoms with Crippen molar-refractivity contribution in [3.05, 3.63) is 0 Å². The molecule has 15 heavy (non-hydrogen) atoms. The monoisotopic (exact) mass is 214 g/mol. The van der Waals surface area contributed by atoms with Crippen LogP contribution < -0.4 is 0 Å². The van der Waals surface area contributed by atoms with Crippen LogP contribution >= 0.6 is 0 Å². The molecule has 3 nitrogen and oxygen atoms in total. The lowest BCUT2D eigenvalue weighted by molar-refractivity contribution is -0.151. The van der Waals surface area contributed by atoms with Gasteiger partial charge in [0.1, 0.15) is 0 Å². The van der Waals surface area contributed by atoms with Crippen LogP contribution in [-0.2, 0) is 9.53 Å². The number of carboxylic acids is 1. The van der Waals surface area contributed by atoms with Gasteiger partial charge in [0.2, 0.25) is 0 Å². The maximum absolute atomic E-state index is 10.8. The van der Waals surface area contributed by atoms with Crippen molar-refractivity contribution in [1.29, 1.82) is 0 Å². The van der Waals surface area contributed by atoms with Crippen molar-refractivity contribution in [3.63, 3.8) is 0 Å². The Hall–Kier alpha value is -0.570. The molecule has 0 aliphatic heterocycles. The molecule has 1 fully saturated rings. The molecule has 1 rings (SSSR count). The highest BCUT2D eigenvalue weighted by Gasteiger charge is 2.36. The normalized spacial score (nSPS) is 17.7. The molecule has 0 saturated heterocycles. The Morgan fingerprint density at radius 1 is 1.33 bits per heavy atom. The number of hydrogen-bond donors (Lipinski definition) is 1. The van der Waals surface area contributed by atoms with Crippen molar-refractivity contribution < 1.29 is 14.6 Å². The van der Waals surface area contributed by atoms with Crippen molar-refractivity contribution in [2.24, 2.45) is 5.92 Å². The largest absolute Gasteiger partial charge is 0.479 e. The predicted molar refractivity (Wildman–Crippen MR) is 58.9 cm³/mol. The fraction of sp³-hybridized carbons (Fsp3) is 0.917. The highest BCUT2D eigenvalue weighted by Crippen LogP contribution is 2.34. The van der Waals surface area contributed by atoms with Gasteiger partial charge in [0, 0.05) is 6.61 Å². The highest BCUT2D eigenvalue weighted by atomic mass is 16.5. The Bertz CT molecular complexity index is 187. The molecule has 0 aromatic carbocycles. The van der Waals surface area contributed by atoms with Gasteiger partial charge in [0.05, 0.1) is 0 Å². The molecule has 1 atom stereocenters. The van der Waals surface area contributed by atoms with Crippen molar-refractivity contribution >= 4 is 5.97 Å². The first kappa shape index (κ1) is 12.5.